The molecule has 0 saturated heterocycles. The van der Waals surface area contributed by atoms with Gasteiger partial charge in [-0.15, -0.1) is 0 Å². The first-order valence-electron chi connectivity index (χ1n) is 5.99. The number of benzene rings is 1. The average Bonchev–Trinajstić information content (AvgIpc) is 2.35. The predicted molar refractivity (Wildman–Crippen MR) is 76.0 cm³/mol. The van der Waals surface area contributed by atoms with Crippen LogP contribution in [0.1, 0.15) is 25.7 Å². The van der Waals surface area contributed by atoms with Crippen LogP contribution in [0, 0.1) is 0 Å². The monoisotopic (exact) mass is 314 g/mol. The van der Waals surface area contributed by atoms with Crippen LogP contribution in [0.5, 0.6) is 0 Å². The molecule has 0 aliphatic carbocycles. The normalized spacial score (nSPS) is 13.4. The maximum absolute atomic E-state index is 12.2. The molecule has 0 fully saturated rings. The third-order valence-corrected chi connectivity index (χ3v) is 10.2. The molecule has 1 unspecified atom stereocenters. The number of hydrogen-bond acceptors (Lipinski definition) is 2. The van der Waals surface area contributed by atoms with Crippen LogP contribution in [0.25, 0.3) is 0 Å². The number of sulfone groups is 1. The van der Waals surface area contributed by atoms with Crippen molar-refractivity contribution in [2.45, 2.75) is 34.7 Å². The van der Waals surface area contributed by atoms with Crippen molar-refractivity contribution in [2.75, 3.05) is 0 Å². The molecule has 0 spiro atoms. The van der Waals surface area contributed by atoms with Crippen molar-refractivity contribution in [3.63, 3.8) is 0 Å². The van der Waals surface area contributed by atoms with E-state index < -0.39 is 9.84 Å². The number of allylic oxidation sites excluding steroid dienone is 1. The van der Waals surface area contributed by atoms with Crippen molar-refractivity contribution in [1.29, 1.82) is 0 Å². The Morgan fingerprint density at radius 1 is 1.24 bits per heavy atom. The molecule has 1 aromatic carbocycles. The number of hydrogen-bond donors (Lipinski definition) is 0. The summed E-state index contributed by atoms with van der Waals surface area (Å²) < 4.78 is 24.3. The first kappa shape index (κ1) is 14.5. The summed E-state index contributed by atoms with van der Waals surface area (Å²) >= 11 is 0.301. The van der Waals surface area contributed by atoms with Gasteiger partial charge in [0, 0.05) is 0 Å². The Hall–Kier alpha value is -0.547. The predicted octanol–water partition coefficient (Wildman–Crippen LogP) is 1.90. The van der Waals surface area contributed by atoms with E-state index in [4.69, 9.17) is 0 Å². The Morgan fingerprint density at radius 2 is 1.88 bits per heavy atom. The van der Waals surface area contributed by atoms with Gasteiger partial charge >= 0.3 is 112 Å². The molecule has 4 heteroatoms. The first-order chi connectivity index (χ1) is 8.09. The van der Waals surface area contributed by atoms with E-state index in [0.717, 1.165) is 25.7 Å². The Bertz CT molecular complexity index is 440. The van der Waals surface area contributed by atoms with E-state index in [1.807, 2.05) is 12.1 Å². The minimum atomic E-state index is -3.07. The van der Waals surface area contributed by atoms with E-state index >= 15 is 0 Å². The van der Waals surface area contributed by atoms with E-state index in [1.165, 1.54) is 0 Å². The second-order valence-electron chi connectivity index (χ2n) is 4.24. The molecule has 1 aromatic rings. The van der Waals surface area contributed by atoms with Crippen LogP contribution in [0.4, 0.5) is 0 Å². The van der Waals surface area contributed by atoms with Gasteiger partial charge in [-0.05, 0) is 0 Å². The van der Waals surface area contributed by atoms with E-state index in [2.05, 4.69) is 6.58 Å². The molecule has 0 heterocycles. The summed E-state index contributed by atoms with van der Waals surface area (Å²) in [5.41, 5.74) is 0. The van der Waals surface area contributed by atoms with Crippen LogP contribution in [0.3, 0.4) is 0 Å². The standard InChI is InChI=1S/C13H20GeO2S/c1-2-3-4-8-11-13(14)17(15,16)12-9-6-5-7-10-12/h2,5-7,9-10,13H,1,3-4,8,11H2,14H3. The van der Waals surface area contributed by atoms with Crippen molar-refractivity contribution < 1.29 is 8.42 Å². The molecular weight excluding hydrogens is 293 g/mol. The Kier molecular flexibility index (Phi) is 5.99. The molecule has 2 nitrogen and oxygen atoms in total. The summed E-state index contributed by atoms with van der Waals surface area (Å²) in [6, 6.07) is 8.79. The summed E-state index contributed by atoms with van der Waals surface area (Å²) in [5.74, 6) is 0. The van der Waals surface area contributed by atoms with Gasteiger partial charge < -0.3 is 0 Å². The van der Waals surface area contributed by atoms with Gasteiger partial charge in [-0.25, -0.2) is 0 Å². The Morgan fingerprint density at radius 3 is 2.47 bits per heavy atom. The molecule has 0 amide bonds. The maximum atomic E-state index is 12.2. The van der Waals surface area contributed by atoms with Crippen LogP contribution in [0.2, 0.25) is 0 Å². The molecule has 0 saturated carbocycles. The summed E-state index contributed by atoms with van der Waals surface area (Å²) in [7, 11) is -3.07. The fourth-order valence-electron chi connectivity index (χ4n) is 1.72. The van der Waals surface area contributed by atoms with Crippen LogP contribution in [0.15, 0.2) is 47.9 Å². The van der Waals surface area contributed by atoms with Gasteiger partial charge in [-0.3, -0.25) is 0 Å². The van der Waals surface area contributed by atoms with Crippen LogP contribution in [-0.4, -0.2) is 29.0 Å². The topological polar surface area (TPSA) is 34.1 Å². The average molecular weight is 313 g/mol. The molecule has 0 aliphatic heterocycles. The fourth-order valence-corrected chi connectivity index (χ4v) is 5.77. The third-order valence-electron chi connectivity index (χ3n) is 2.87. The zero-order chi connectivity index (χ0) is 12.7. The van der Waals surface area contributed by atoms with Crippen molar-refractivity contribution in [3.05, 3.63) is 43.0 Å². The summed E-state index contributed by atoms with van der Waals surface area (Å²) in [6.45, 7) is 3.67. The molecule has 1 atom stereocenters. The van der Waals surface area contributed by atoms with Gasteiger partial charge in [0.05, 0.1) is 0 Å². The Balaban J connectivity index is 2.62. The Labute approximate surface area is 112 Å². The fraction of sp³-hybridized carbons (Fsp3) is 0.385. The number of rotatable bonds is 7. The first-order valence-corrected chi connectivity index (χ1v) is 9.95. The molecule has 17 heavy (non-hydrogen) atoms. The van der Waals surface area contributed by atoms with Gasteiger partial charge in [0.15, 0.2) is 0 Å². The van der Waals surface area contributed by atoms with Crippen molar-refractivity contribution in [3.8, 4) is 0 Å². The SMILES string of the molecule is C=CCCCC[CH]([GeH3])S(=O)(=O)c1ccccc1. The van der Waals surface area contributed by atoms with E-state index in [0.29, 0.717) is 21.4 Å². The summed E-state index contributed by atoms with van der Waals surface area (Å²) in [4.78, 5) is 0.474. The van der Waals surface area contributed by atoms with Gasteiger partial charge in [-0.1, -0.05) is 0 Å². The second kappa shape index (κ2) is 7.01. The molecule has 94 valence electrons. The van der Waals surface area contributed by atoms with Crippen molar-refractivity contribution >= 4 is 26.4 Å². The van der Waals surface area contributed by atoms with Crippen molar-refractivity contribution in [2.24, 2.45) is 0 Å². The van der Waals surface area contributed by atoms with E-state index in [-0.39, 0.29) is 4.08 Å². The molecule has 0 radical (unpaired) electrons. The van der Waals surface area contributed by atoms with E-state index in [9.17, 15) is 8.42 Å². The van der Waals surface area contributed by atoms with Crippen LogP contribution >= 0.6 is 0 Å². The molecule has 0 aliphatic rings. The minimum absolute atomic E-state index is 0.123. The molecule has 0 bridgehead atoms. The van der Waals surface area contributed by atoms with Gasteiger partial charge in [0.1, 0.15) is 0 Å². The van der Waals surface area contributed by atoms with Crippen LogP contribution in [-0.2, 0) is 9.84 Å². The number of unbranched alkanes of at least 4 members (excludes halogenated alkanes) is 2. The quantitative estimate of drug-likeness (QED) is 0.438. The molecule has 0 aromatic heterocycles. The molecule has 0 N–H and O–H groups in total. The molecular formula is C13H20GeO2S. The third kappa shape index (κ3) is 4.32. The molecule has 1 rings (SSSR count). The van der Waals surface area contributed by atoms with Gasteiger partial charge in [0.2, 0.25) is 0 Å². The zero-order valence-electron chi connectivity index (χ0n) is 10.3. The van der Waals surface area contributed by atoms with Gasteiger partial charge in [-0.2, -0.15) is 0 Å². The summed E-state index contributed by atoms with van der Waals surface area (Å²) in [6.07, 6.45) is 5.68. The van der Waals surface area contributed by atoms with Crippen molar-refractivity contribution in [1.82, 2.24) is 0 Å². The van der Waals surface area contributed by atoms with Crippen LogP contribution < -0.4 is 0 Å². The summed E-state index contributed by atoms with van der Waals surface area (Å²) in [5, 5.41) is 0. The van der Waals surface area contributed by atoms with Gasteiger partial charge in [0.25, 0.3) is 0 Å². The zero-order valence-corrected chi connectivity index (χ0v) is 15.3. The second-order valence-corrected chi connectivity index (χ2v) is 11.3. The van der Waals surface area contributed by atoms with E-state index in [1.54, 1.807) is 24.3 Å².